The van der Waals surface area contributed by atoms with Crippen molar-refractivity contribution in [3.8, 4) is 11.5 Å². The zero-order valence-electron chi connectivity index (χ0n) is 16.0. The van der Waals surface area contributed by atoms with Crippen LogP contribution in [-0.4, -0.2) is 32.7 Å². The first-order chi connectivity index (χ1) is 13.9. The Hall–Kier alpha value is -3.16. The van der Waals surface area contributed by atoms with Crippen LogP contribution in [0.5, 0.6) is 11.5 Å². The van der Waals surface area contributed by atoms with Crippen LogP contribution in [0.3, 0.4) is 0 Å². The van der Waals surface area contributed by atoms with E-state index < -0.39 is 15.9 Å². The third-order valence-corrected chi connectivity index (χ3v) is 6.67. The van der Waals surface area contributed by atoms with Gasteiger partial charge in [0.15, 0.2) is 0 Å². The molecule has 0 fully saturated rings. The molecule has 1 heterocycles. The first kappa shape index (κ1) is 19.2. The van der Waals surface area contributed by atoms with Crippen LogP contribution in [0.15, 0.2) is 77.7 Å². The number of amides is 1. The van der Waals surface area contributed by atoms with Gasteiger partial charge in [0.2, 0.25) is 15.9 Å². The molecular formula is C22H20N2O4S. The monoisotopic (exact) mass is 408 g/mol. The molecule has 6 nitrogen and oxygen atoms in total. The molecule has 1 aliphatic heterocycles. The highest BCUT2D eigenvalue weighted by atomic mass is 32.2. The molecule has 3 aromatic rings. The number of anilines is 1. The zero-order valence-corrected chi connectivity index (χ0v) is 16.8. The molecule has 7 heteroatoms. The number of carbonyl (C=O) groups excluding carboxylic acids is 1. The molecule has 1 amide bonds. The summed E-state index contributed by atoms with van der Waals surface area (Å²) in [5.41, 5.74) is 2.10. The van der Waals surface area contributed by atoms with E-state index in [9.17, 15) is 13.2 Å². The summed E-state index contributed by atoms with van der Waals surface area (Å²) >= 11 is 0. The number of nitrogens with zero attached hydrogens (tertiary/aromatic N) is 1. The number of benzene rings is 3. The molecular weight excluding hydrogens is 388 g/mol. The van der Waals surface area contributed by atoms with Gasteiger partial charge in [0.1, 0.15) is 11.5 Å². The van der Waals surface area contributed by atoms with Gasteiger partial charge < -0.3 is 10.1 Å². The average molecular weight is 408 g/mol. The van der Waals surface area contributed by atoms with E-state index in [1.165, 1.54) is 26.2 Å². The lowest BCUT2D eigenvalue weighted by Gasteiger charge is -2.27. The Bertz CT molecular complexity index is 1130. The smallest absolute Gasteiger partial charge is 0.242 e. The fourth-order valence-electron chi connectivity index (χ4n) is 3.33. The summed E-state index contributed by atoms with van der Waals surface area (Å²) in [7, 11) is -0.564. The molecule has 0 unspecified atom stereocenters. The molecule has 0 aromatic heterocycles. The molecule has 0 saturated carbocycles. The highest BCUT2D eigenvalue weighted by molar-refractivity contribution is 7.89. The highest BCUT2D eigenvalue weighted by Crippen LogP contribution is 2.44. The number of sulfonamides is 1. The molecule has 0 aliphatic carbocycles. The predicted octanol–water partition coefficient (Wildman–Crippen LogP) is 3.81. The number of fused-ring (bicyclic) bond motifs is 2. The molecule has 0 atom stereocenters. The summed E-state index contributed by atoms with van der Waals surface area (Å²) < 4.78 is 31.5. The van der Waals surface area contributed by atoms with Crippen LogP contribution in [0.4, 0.5) is 5.69 Å². The summed E-state index contributed by atoms with van der Waals surface area (Å²) in [5.74, 6) is 0.565. The summed E-state index contributed by atoms with van der Waals surface area (Å²) in [6.45, 7) is 0. The van der Waals surface area contributed by atoms with Gasteiger partial charge >= 0.3 is 0 Å². The average Bonchev–Trinajstić information content (AvgIpc) is 2.72. The quantitative estimate of drug-likeness (QED) is 0.712. The maximum Gasteiger partial charge on any atom is 0.242 e. The van der Waals surface area contributed by atoms with Gasteiger partial charge in [-0.1, -0.05) is 36.4 Å². The Morgan fingerprint density at radius 2 is 1.38 bits per heavy atom. The molecule has 1 N–H and O–H groups in total. The van der Waals surface area contributed by atoms with E-state index in [0.717, 1.165) is 15.4 Å². The van der Waals surface area contributed by atoms with Gasteiger partial charge in [-0.15, -0.1) is 0 Å². The largest absolute Gasteiger partial charge is 0.457 e. The van der Waals surface area contributed by atoms with Crippen molar-refractivity contribution in [2.24, 2.45) is 0 Å². The molecule has 0 spiro atoms. The second-order valence-electron chi connectivity index (χ2n) is 6.91. The molecule has 29 heavy (non-hydrogen) atoms. The van der Waals surface area contributed by atoms with Crippen molar-refractivity contribution in [2.75, 3.05) is 19.4 Å². The highest BCUT2D eigenvalue weighted by Gasteiger charge is 2.32. The van der Waals surface area contributed by atoms with Crippen LogP contribution >= 0.6 is 0 Å². The van der Waals surface area contributed by atoms with Crippen molar-refractivity contribution in [2.45, 2.75) is 10.8 Å². The van der Waals surface area contributed by atoms with Crippen molar-refractivity contribution >= 4 is 21.6 Å². The number of carbonyl (C=O) groups is 1. The van der Waals surface area contributed by atoms with Gasteiger partial charge in [0.05, 0.1) is 10.8 Å². The Labute approximate surface area is 169 Å². The SMILES string of the molecule is CN(C)S(=O)(=O)c1ccc(NC(=O)C2c3ccccc3Oc3ccccc32)cc1. The van der Waals surface area contributed by atoms with Crippen LogP contribution in [0, 0.1) is 0 Å². The van der Waals surface area contributed by atoms with Gasteiger partial charge in [-0.25, -0.2) is 12.7 Å². The number of rotatable bonds is 4. The lowest BCUT2D eigenvalue weighted by atomic mass is 9.87. The minimum Gasteiger partial charge on any atom is -0.457 e. The van der Waals surface area contributed by atoms with Crippen LogP contribution < -0.4 is 10.1 Å². The molecule has 0 saturated heterocycles. The topological polar surface area (TPSA) is 75.7 Å². The minimum absolute atomic E-state index is 0.169. The summed E-state index contributed by atoms with van der Waals surface area (Å²) in [6.07, 6.45) is 0. The Morgan fingerprint density at radius 3 is 1.90 bits per heavy atom. The van der Waals surface area contributed by atoms with Crippen molar-refractivity contribution in [1.82, 2.24) is 4.31 Å². The van der Waals surface area contributed by atoms with E-state index in [2.05, 4.69) is 5.32 Å². The van der Waals surface area contributed by atoms with E-state index >= 15 is 0 Å². The van der Waals surface area contributed by atoms with Crippen LogP contribution in [0.2, 0.25) is 0 Å². The normalized spacial score (nSPS) is 13.3. The number of hydrogen-bond acceptors (Lipinski definition) is 4. The molecule has 1 aliphatic rings. The van der Waals surface area contributed by atoms with E-state index in [0.29, 0.717) is 17.2 Å². The van der Waals surface area contributed by atoms with Gasteiger partial charge in [-0.05, 0) is 36.4 Å². The second-order valence-corrected chi connectivity index (χ2v) is 9.06. The minimum atomic E-state index is -3.52. The summed E-state index contributed by atoms with van der Waals surface area (Å²) in [6, 6.07) is 21.1. The fraction of sp³-hybridized carbons (Fsp3) is 0.136. The predicted molar refractivity (Wildman–Crippen MR) is 111 cm³/mol. The van der Waals surface area contributed by atoms with Crippen molar-refractivity contribution < 1.29 is 17.9 Å². The molecule has 148 valence electrons. The number of nitrogens with one attached hydrogen (secondary N) is 1. The Morgan fingerprint density at radius 1 is 0.862 bits per heavy atom. The Kier molecular flexibility index (Phi) is 4.86. The van der Waals surface area contributed by atoms with Crippen molar-refractivity contribution in [3.63, 3.8) is 0 Å². The fourth-order valence-corrected chi connectivity index (χ4v) is 4.23. The standard InChI is InChI=1S/C22H20N2O4S/c1-24(2)29(26,27)16-13-11-15(12-14-16)23-22(25)21-17-7-3-5-9-19(17)28-20-10-6-4-8-18(20)21/h3-14,21H,1-2H3,(H,23,25). The van der Waals surface area contributed by atoms with Gasteiger partial charge in [-0.3, -0.25) is 4.79 Å². The van der Waals surface area contributed by atoms with Gasteiger partial charge in [0, 0.05) is 30.9 Å². The molecule has 0 bridgehead atoms. The lowest BCUT2D eigenvalue weighted by Crippen LogP contribution is -2.25. The van der Waals surface area contributed by atoms with E-state index in [4.69, 9.17) is 4.74 Å². The van der Waals surface area contributed by atoms with Crippen LogP contribution in [0.25, 0.3) is 0 Å². The van der Waals surface area contributed by atoms with Crippen molar-refractivity contribution in [1.29, 1.82) is 0 Å². The van der Waals surface area contributed by atoms with E-state index in [1.54, 1.807) is 12.1 Å². The number of para-hydroxylation sites is 2. The molecule has 0 radical (unpaired) electrons. The third kappa shape index (κ3) is 3.50. The first-order valence-electron chi connectivity index (χ1n) is 9.07. The van der Waals surface area contributed by atoms with Crippen LogP contribution in [-0.2, 0) is 14.8 Å². The third-order valence-electron chi connectivity index (χ3n) is 4.84. The number of ether oxygens (including phenoxy) is 1. The zero-order chi connectivity index (χ0) is 20.6. The summed E-state index contributed by atoms with van der Waals surface area (Å²) in [4.78, 5) is 13.4. The van der Waals surface area contributed by atoms with Crippen molar-refractivity contribution in [3.05, 3.63) is 83.9 Å². The van der Waals surface area contributed by atoms with Gasteiger partial charge in [0.25, 0.3) is 0 Å². The number of hydrogen-bond donors (Lipinski definition) is 1. The maximum absolute atomic E-state index is 13.2. The first-order valence-corrected chi connectivity index (χ1v) is 10.5. The molecule has 3 aromatic carbocycles. The molecule has 4 rings (SSSR count). The lowest BCUT2D eigenvalue weighted by molar-refractivity contribution is -0.116. The Balaban J connectivity index is 1.64. The second kappa shape index (κ2) is 7.35. The summed E-state index contributed by atoms with van der Waals surface area (Å²) in [5, 5.41) is 2.90. The van der Waals surface area contributed by atoms with Crippen LogP contribution in [0.1, 0.15) is 17.0 Å². The van der Waals surface area contributed by atoms with E-state index in [-0.39, 0.29) is 10.8 Å². The van der Waals surface area contributed by atoms with E-state index in [1.807, 2.05) is 48.5 Å². The maximum atomic E-state index is 13.2. The van der Waals surface area contributed by atoms with Gasteiger partial charge in [-0.2, -0.15) is 0 Å².